The summed E-state index contributed by atoms with van der Waals surface area (Å²) in [5.74, 6) is 1.02. The zero-order chi connectivity index (χ0) is 13.7. The molecule has 0 aromatic carbocycles. The highest BCUT2D eigenvalue weighted by atomic mass is 32.1. The van der Waals surface area contributed by atoms with Gasteiger partial charge < -0.3 is 9.26 Å². The molecule has 0 N–H and O–H groups in total. The summed E-state index contributed by atoms with van der Waals surface area (Å²) in [4.78, 5) is 5.80. The molecule has 0 amide bonds. The van der Waals surface area contributed by atoms with Gasteiger partial charge in [-0.05, 0) is 25.5 Å². The van der Waals surface area contributed by atoms with E-state index in [2.05, 4.69) is 23.1 Å². The van der Waals surface area contributed by atoms with Crippen LogP contribution in [0.15, 0.2) is 16.7 Å². The molecule has 2 aromatic rings. The molecule has 100 valence electrons. The number of aromatic nitrogens is 2. The molecule has 2 heterocycles. The second kappa shape index (κ2) is 6.45. The van der Waals surface area contributed by atoms with Gasteiger partial charge in [-0.25, -0.2) is 0 Å². The molecular formula is C13H15N3O2S. The van der Waals surface area contributed by atoms with E-state index in [9.17, 15) is 0 Å². The lowest BCUT2D eigenvalue weighted by molar-refractivity contribution is 0.0478. The van der Waals surface area contributed by atoms with Crippen molar-refractivity contribution >= 4 is 11.3 Å². The van der Waals surface area contributed by atoms with E-state index in [0.717, 1.165) is 17.7 Å². The summed E-state index contributed by atoms with van der Waals surface area (Å²) in [6.45, 7) is 4.65. The van der Waals surface area contributed by atoms with Gasteiger partial charge in [-0.1, -0.05) is 18.5 Å². The molecule has 1 atom stereocenters. The largest absolute Gasteiger partial charge is 0.370 e. The van der Waals surface area contributed by atoms with Gasteiger partial charge in [-0.3, -0.25) is 0 Å². The lowest BCUT2D eigenvalue weighted by atomic mass is 10.2. The van der Waals surface area contributed by atoms with Crippen LogP contribution in [0, 0.1) is 11.3 Å². The van der Waals surface area contributed by atoms with Crippen molar-refractivity contribution in [1.82, 2.24) is 10.1 Å². The molecule has 19 heavy (non-hydrogen) atoms. The summed E-state index contributed by atoms with van der Waals surface area (Å²) >= 11 is 1.34. The molecule has 5 nitrogen and oxygen atoms in total. The van der Waals surface area contributed by atoms with E-state index in [-0.39, 0.29) is 6.10 Å². The highest BCUT2D eigenvalue weighted by Crippen LogP contribution is 2.28. The summed E-state index contributed by atoms with van der Waals surface area (Å²) in [6, 6.07) is 5.65. The number of hydrogen-bond acceptors (Lipinski definition) is 6. The minimum absolute atomic E-state index is 0.122. The minimum atomic E-state index is -0.122. The lowest BCUT2D eigenvalue weighted by Gasteiger charge is -2.10. The SMILES string of the molecule is CCCC(OCC)c1noc(-c2ccc(C#N)s2)n1. The highest BCUT2D eigenvalue weighted by molar-refractivity contribution is 7.15. The Balaban J connectivity index is 2.19. The Bertz CT molecular complexity index is 564. The van der Waals surface area contributed by atoms with Crippen LogP contribution in [0.25, 0.3) is 10.8 Å². The second-order valence-electron chi connectivity index (χ2n) is 3.97. The third-order valence-corrected chi connectivity index (χ3v) is 3.55. The maximum Gasteiger partial charge on any atom is 0.268 e. The smallest absolute Gasteiger partial charge is 0.268 e. The number of nitrogens with zero attached hydrogens (tertiary/aromatic N) is 3. The molecule has 0 bridgehead atoms. The molecule has 0 saturated carbocycles. The average molecular weight is 277 g/mol. The maximum absolute atomic E-state index is 8.80. The summed E-state index contributed by atoms with van der Waals surface area (Å²) in [6.07, 6.45) is 1.73. The van der Waals surface area contributed by atoms with Crippen LogP contribution in [0.3, 0.4) is 0 Å². The summed E-state index contributed by atoms with van der Waals surface area (Å²) in [7, 11) is 0. The molecule has 0 aliphatic carbocycles. The number of hydrogen-bond donors (Lipinski definition) is 0. The van der Waals surface area contributed by atoms with Crippen LogP contribution in [0.1, 0.15) is 43.5 Å². The number of ether oxygens (including phenoxy) is 1. The van der Waals surface area contributed by atoms with Crippen LogP contribution in [0.5, 0.6) is 0 Å². The zero-order valence-electron chi connectivity index (χ0n) is 10.9. The van der Waals surface area contributed by atoms with E-state index in [1.807, 2.05) is 13.0 Å². The molecule has 0 spiro atoms. The quantitative estimate of drug-likeness (QED) is 0.807. The molecule has 1 unspecified atom stereocenters. The maximum atomic E-state index is 8.80. The van der Waals surface area contributed by atoms with E-state index in [1.165, 1.54) is 11.3 Å². The molecule has 0 aliphatic rings. The van der Waals surface area contributed by atoms with Crippen molar-refractivity contribution in [2.24, 2.45) is 0 Å². The van der Waals surface area contributed by atoms with Gasteiger partial charge in [0, 0.05) is 6.61 Å². The van der Waals surface area contributed by atoms with Crippen molar-refractivity contribution in [1.29, 1.82) is 5.26 Å². The fourth-order valence-corrected chi connectivity index (χ4v) is 2.45. The fourth-order valence-electron chi connectivity index (χ4n) is 1.73. The normalized spacial score (nSPS) is 12.3. The Morgan fingerprint density at radius 2 is 2.32 bits per heavy atom. The van der Waals surface area contributed by atoms with Crippen LogP contribution in [-0.2, 0) is 4.74 Å². The van der Waals surface area contributed by atoms with Crippen molar-refractivity contribution in [3.8, 4) is 16.8 Å². The van der Waals surface area contributed by atoms with Crippen LogP contribution >= 0.6 is 11.3 Å². The Kier molecular flexibility index (Phi) is 4.66. The predicted molar refractivity (Wildman–Crippen MR) is 71.6 cm³/mol. The van der Waals surface area contributed by atoms with E-state index in [4.69, 9.17) is 14.5 Å². The Labute approximate surface area is 115 Å². The van der Waals surface area contributed by atoms with E-state index in [1.54, 1.807) is 6.07 Å². The number of nitriles is 1. The number of rotatable bonds is 6. The van der Waals surface area contributed by atoms with Gasteiger partial charge in [0.05, 0.1) is 4.88 Å². The fraction of sp³-hybridized carbons (Fsp3) is 0.462. The molecule has 0 radical (unpaired) electrons. The first kappa shape index (κ1) is 13.7. The first-order valence-electron chi connectivity index (χ1n) is 6.24. The first-order chi connectivity index (χ1) is 9.28. The van der Waals surface area contributed by atoms with E-state index < -0.39 is 0 Å². The van der Waals surface area contributed by atoms with Crippen LogP contribution in [0.4, 0.5) is 0 Å². The van der Waals surface area contributed by atoms with Gasteiger partial charge in [0.1, 0.15) is 17.1 Å². The van der Waals surface area contributed by atoms with Crippen molar-refractivity contribution < 1.29 is 9.26 Å². The van der Waals surface area contributed by atoms with Crippen molar-refractivity contribution in [3.63, 3.8) is 0 Å². The predicted octanol–water partition coefficient (Wildman–Crippen LogP) is 3.55. The van der Waals surface area contributed by atoms with E-state index in [0.29, 0.717) is 23.2 Å². The van der Waals surface area contributed by atoms with Gasteiger partial charge >= 0.3 is 0 Å². The third kappa shape index (κ3) is 3.19. The number of thiophene rings is 1. The Morgan fingerprint density at radius 1 is 1.47 bits per heavy atom. The minimum Gasteiger partial charge on any atom is -0.370 e. The Morgan fingerprint density at radius 3 is 2.95 bits per heavy atom. The van der Waals surface area contributed by atoms with Crippen LogP contribution < -0.4 is 0 Å². The Hall–Kier alpha value is -1.71. The molecular weight excluding hydrogens is 262 g/mol. The summed E-state index contributed by atoms with van der Waals surface area (Å²) < 4.78 is 10.9. The summed E-state index contributed by atoms with van der Waals surface area (Å²) in [5, 5.41) is 12.8. The highest BCUT2D eigenvalue weighted by Gasteiger charge is 2.19. The van der Waals surface area contributed by atoms with Crippen molar-refractivity contribution in [2.45, 2.75) is 32.8 Å². The summed E-state index contributed by atoms with van der Waals surface area (Å²) in [5.41, 5.74) is 0. The van der Waals surface area contributed by atoms with Crippen LogP contribution in [0.2, 0.25) is 0 Å². The van der Waals surface area contributed by atoms with Crippen LogP contribution in [-0.4, -0.2) is 16.7 Å². The first-order valence-corrected chi connectivity index (χ1v) is 7.05. The van der Waals surface area contributed by atoms with Gasteiger partial charge in [0.25, 0.3) is 5.89 Å². The standard InChI is InChI=1S/C13H15N3O2S/c1-3-5-10(17-4-2)12-15-13(18-16-12)11-7-6-9(8-14)19-11/h6-7,10H,3-5H2,1-2H3. The average Bonchev–Trinajstić information content (AvgIpc) is 3.07. The van der Waals surface area contributed by atoms with Gasteiger partial charge in [-0.2, -0.15) is 10.2 Å². The second-order valence-corrected chi connectivity index (χ2v) is 5.05. The molecule has 2 rings (SSSR count). The monoisotopic (exact) mass is 277 g/mol. The van der Waals surface area contributed by atoms with Crippen molar-refractivity contribution in [3.05, 3.63) is 22.8 Å². The topological polar surface area (TPSA) is 71.9 Å². The van der Waals surface area contributed by atoms with Crippen molar-refractivity contribution in [2.75, 3.05) is 6.61 Å². The zero-order valence-corrected chi connectivity index (χ0v) is 11.7. The molecule has 0 aliphatic heterocycles. The van der Waals surface area contributed by atoms with Gasteiger partial charge in [-0.15, -0.1) is 11.3 Å². The van der Waals surface area contributed by atoms with Gasteiger partial charge in [0.15, 0.2) is 0 Å². The molecule has 0 saturated heterocycles. The van der Waals surface area contributed by atoms with Gasteiger partial charge in [0.2, 0.25) is 5.82 Å². The molecule has 6 heteroatoms. The van der Waals surface area contributed by atoms with E-state index >= 15 is 0 Å². The molecule has 2 aromatic heterocycles. The lowest BCUT2D eigenvalue weighted by Crippen LogP contribution is -2.05. The molecule has 0 fully saturated rings. The third-order valence-electron chi connectivity index (χ3n) is 2.58.